The summed E-state index contributed by atoms with van der Waals surface area (Å²) in [6, 6.07) is 6.82. The first-order valence-electron chi connectivity index (χ1n) is 5.79. The van der Waals surface area contributed by atoms with Crippen LogP contribution in [0.5, 0.6) is 0 Å². The van der Waals surface area contributed by atoms with Gasteiger partial charge in [0.1, 0.15) is 16.8 Å². The second-order valence-electron chi connectivity index (χ2n) is 4.03. The minimum atomic E-state index is -2.48. The van der Waals surface area contributed by atoms with E-state index in [1.165, 1.54) is 0 Å². The molecule has 0 saturated heterocycles. The van der Waals surface area contributed by atoms with E-state index < -0.39 is 5.76 Å². The molecule has 20 heavy (non-hydrogen) atoms. The van der Waals surface area contributed by atoms with Gasteiger partial charge in [-0.25, -0.2) is 9.97 Å². The number of halogens is 3. The van der Waals surface area contributed by atoms with Crippen molar-refractivity contribution in [1.82, 2.24) is 9.97 Å². The average Bonchev–Trinajstić information content (AvgIpc) is 2.37. The minimum Gasteiger partial charge on any atom is -0.339 e. The van der Waals surface area contributed by atoms with Crippen molar-refractivity contribution in [3.63, 3.8) is 0 Å². The van der Waals surface area contributed by atoms with Crippen molar-refractivity contribution in [2.24, 2.45) is 0 Å². The molecule has 1 aromatic heterocycles. The summed E-state index contributed by atoms with van der Waals surface area (Å²) in [5, 5.41) is 3.38. The van der Waals surface area contributed by atoms with Crippen LogP contribution in [-0.2, 0) is 0 Å². The number of rotatable bonds is 4. The van der Waals surface area contributed by atoms with Crippen molar-refractivity contribution in [1.29, 1.82) is 0 Å². The van der Waals surface area contributed by atoms with Crippen LogP contribution < -0.4 is 5.32 Å². The largest absolute Gasteiger partial charge is 0.339 e. The molecule has 0 bridgehead atoms. The Hall–Kier alpha value is -1.40. The van der Waals surface area contributed by atoms with Gasteiger partial charge in [-0.05, 0) is 26.0 Å². The molecule has 0 saturated carbocycles. The first-order chi connectivity index (χ1) is 9.47. The molecule has 1 aromatic carbocycles. The molecular formula is C13H12ClF2N3S. The second kappa shape index (κ2) is 6.37. The maximum absolute atomic E-state index is 12.5. The predicted molar refractivity (Wildman–Crippen MR) is 78.1 cm³/mol. The first-order valence-corrected chi connectivity index (χ1v) is 7.04. The SMILES string of the molecule is Cc1nc(Cl)c(C)c(Nc2ccccc2SC(F)F)n1. The quantitative estimate of drug-likeness (QED) is 0.649. The van der Waals surface area contributed by atoms with Gasteiger partial charge < -0.3 is 5.32 Å². The summed E-state index contributed by atoms with van der Waals surface area (Å²) >= 11 is 6.48. The van der Waals surface area contributed by atoms with E-state index in [0.717, 1.165) is 0 Å². The number of thioether (sulfide) groups is 1. The third-order valence-corrected chi connectivity index (χ3v) is 3.71. The van der Waals surface area contributed by atoms with Crippen LogP contribution in [0.1, 0.15) is 11.4 Å². The second-order valence-corrected chi connectivity index (χ2v) is 5.42. The molecule has 0 aliphatic rings. The molecule has 1 heterocycles. The lowest BCUT2D eigenvalue weighted by molar-refractivity contribution is 0.252. The Bertz CT molecular complexity index is 623. The third-order valence-electron chi connectivity index (χ3n) is 2.55. The van der Waals surface area contributed by atoms with E-state index in [0.29, 0.717) is 44.7 Å². The molecule has 0 atom stereocenters. The van der Waals surface area contributed by atoms with Crippen molar-refractivity contribution in [3.05, 3.63) is 40.8 Å². The van der Waals surface area contributed by atoms with E-state index in [2.05, 4.69) is 15.3 Å². The van der Waals surface area contributed by atoms with E-state index in [9.17, 15) is 8.78 Å². The van der Waals surface area contributed by atoms with Crippen LogP contribution in [-0.4, -0.2) is 15.7 Å². The zero-order chi connectivity index (χ0) is 14.7. The van der Waals surface area contributed by atoms with E-state index in [1.807, 2.05) is 0 Å². The lowest BCUT2D eigenvalue weighted by atomic mass is 10.3. The minimum absolute atomic E-state index is 0.346. The van der Waals surface area contributed by atoms with Crippen LogP contribution in [0.25, 0.3) is 0 Å². The van der Waals surface area contributed by atoms with Gasteiger partial charge in [0.15, 0.2) is 0 Å². The number of hydrogen-bond donors (Lipinski definition) is 1. The average molecular weight is 316 g/mol. The van der Waals surface area contributed by atoms with Crippen LogP contribution in [0, 0.1) is 13.8 Å². The Kier molecular flexibility index (Phi) is 4.77. The molecular weight excluding hydrogens is 304 g/mol. The highest BCUT2D eigenvalue weighted by atomic mass is 35.5. The highest BCUT2D eigenvalue weighted by Gasteiger charge is 2.12. The van der Waals surface area contributed by atoms with Gasteiger partial charge in [-0.1, -0.05) is 35.5 Å². The highest BCUT2D eigenvalue weighted by molar-refractivity contribution is 7.99. The summed E-state index contributed by atoms with van der Waals surface area (Å²) in [7, 11) is 0. The monoisotopic (exact) mass is 315 g/mol. The van der Waals surface area contributed by atoms with E-state index >= 15 is 0 Å². The molecule has 0 amide bonds. The number of aromatic nitrogens is 2. The van der Waals surface area contributed by atoms with Crippen molar-refractivity contribution in [3.8, 4) is 0 Å². The highest BCUT2D eigenvalue weighted by Crippen LogP contribution is 2.34. The Labute approximate surface area is 124 Å². The predicted octanol–water partition coefficient (Wildman–Crippen LogP) is 4.81. The number of nitrogens with one attached hydrogen (secondary N) is 1. The lowest BCUT2D eigenvalue weighted by Gasteiger charge is -2.13. The van der Waals surface area contributed by atoms with E-state index in [-0.39, 0.29) is 0 Å². The van der Waals surface area contributed by atoms with Crippen LogP contribution in [0.15, 0.2) is 29.2 Å². The number of anilines is 2. The summed E-state index contributed by atoms with van der Waals surface area (Å²) in [5.41, 5.74) is 1.24. The van der Waals surface area contributed by atoms with Crippen molar-refractivity contribution in [2.45, 2.75) is 24.5 Å². The molecule has 0 fully saturated rings. The van der Waals surface area contributed by atoms with Crippen molar-refractivity contribution >= 4 is 34.9 Å². The summed E-state index contributed by atoms with van der Waals surface area (Å²) in [6.45, 7) is 3.49. The molecule has 1 N–H and O–H groups in total. The van der Waals surface area contributed by atoms with Gasteiger partial charge in [-0.15, -0.1) is 0 Å². The van der Waals surface area contributed by atoms with E-state index in [4.69, 9.17) is 11.6 Å². The fourth-order valence-electron chi connectivity index (χ4n) is 1.61. The normalized spacial score (nSPS) is 10.9. The number of alkyl halides is 2. The maximum Gasteiger partial charge on any atom is 0.288 e. The number of aryl methyl sites for hydroxylation is 1. The number of benzene rings is 1. The van der Waals surface area contributed by atoms with E-state index in [1.54, 1.807) is 38.1 Å². The Balaban J connectivity index is 2.35. The van der Waals surface area contributed by atoms with Gasteiger partial charge in [0.25, 0.3) is 5.76 Å². The molecule has 0 aliphatic carbocycles. The summed E-state index contributed by atoms with van der Waals surface area (Å²) in [6.07, 6.45) is 0. The topological polar surface area (TPSA) is 37.8 Å². The van der Waals surface area contributed by atoms with Gasteiger partial charge in [0.05, 0.1) is 5.69 Å². The zero-order valence-electron chi connectivity index (χ0n) is 10.8. The number of nitrogens with zero attached hydrogens (tertiary/aromatic N) is 2. The standard InChI is InChI=1S/C13H12ClF2N3S/c1-7-11(14)17-8(2)18-12(7)19-9-5-3-4-6-10(9)20-13(15)16/h3-6,13H,1-2H3,(H,17,18,19). The third kappa shape index (κ3) is 3.58. The van der Waals surface area contributed by atoms with Gasteiger partial charge in [-0.3, -0.25) is 0 Å². The smallest absolute Gasteiger partial charge is 0.288 e. The number of hydrogen-bond acceptors (Lipinski definition) is 4. The van der Waals surface area contributed by atoms with Gasteiger partial charge in [0, 0.05) is 10.5 Å². The van der Waals surface area contributed by atoms with Crippen LogP contribution >= 0.6 is 23.4 Å². The first kappa shape index (κ1) is 15.0. The van der Waals surface area contributed by atoms with Crippen molar-refractivity contribution < 1.29 is 8.78 Å². The molecule has 0 aliphatic heterocycles. The molecule has 7 heteroatoms. The molecule has 0 radical (unpaired) electrons. The van der Waals surface area contributed by atoms with Crippen LogP contribution in [0.2, 0.25) is 5.15 Å². The van der Waals surface area contributed by atoms with Gasteiger partial charge in [0.2, 0.25) is 0 Å². The fourth-order valence-corrected chi connectivity index (χ4v) is 2.42. The molecule has 106 valence electrons. The lowest BCUT2D eigenvalue weighted by Crippen LogP contribution is -2.02. The number of para-hydroxylation sites is 1. The molecule has 0 spiro atoms. The molecule has 2 aromatic rings. The molecule has 0 unspecified atom stereocenters. The Morgan fingerprint density at radius 1 is 1.20 bits per heavy atom. The molecule has 2 rings (SSSR count). The Morgan fingerprint density at radius 2 is 1.90 bits per heavy atom. The zero-order valence-corrected chi connectivity index (χ0v) is 12.4. The summed E-state index contributed by atoms with van der Waals surface area (Å²) < 4.78 is 25.1. The molecule has 3 nitrogen and oxygen atoms in total. The van der Waals surface area contributed by atoms with Gasteiger partial charge >= 0.3 is 0 Å². The van der Waals surface area contributed by atoms with Crippen LogP contribution in [0.3, 0.4) is 0 Å². The maximum atomic E-state index is 12.5. The summed E-state index contributed by atoms with van der Waals surface area (Å²) in [4.78, 5) is 8.73. The van der Waals surface area contributed by atoms with Gasteiger partial charge in [-0.2, -0.15) is 8.78 Å². The van der Waals surface area contributed by atoms with Crippen LogP contribution in [0.4, 0.5) is 20.3 Å². The summed E-state index contributed by atoms with van der Waals surface area (Å²) in [5.74, 6) is -1.44. The fraction of sp³-hybridized carbons (Fsp3) is 0.231. The van der Waals surface area contributed by atoms with Crippen molar-refractivity contribution in [2.75, 3.05) is 5.32 Å². The Morgan fingerprint density at radius 3 is 2.60 bits per heavy atom.